The Kier molecular flexibility index (Phi) is 2.64. The van der Waals surface area contributed by atoms with Crippen LogP contribution < -0.4 is 0 Å². The first kappa shape index (κ1) is 11.9. The van der Waals surface area contributed by atoms with Gasteiger partial charge in [0.05, 0.1) is 72.7 Å². The first-order valence-corrected chi connectivity index (χ1v) is 13.1. The van der Waals surface area contributed by atoms with Gasteiger partial charge < -0.3 is 4.57 Å². The highest BCUT2D eigenvalue weighted by molar-refractivity contribution is 6.10. The normalized spacial score (nSPS) is 18.0. The van der Waals surface area contributed by atoms with Gasteiger partial charge in [-0.2, -0.15) is 0 Å². The van der Waals surface area contributed by atoms with Crippen molar-refractivity contribution in [3.63, 3.8) is 0 Å². The maximum absolute atomic E-state index is 9.67. The van der Waals surface area contributed by atoms with Gasteiger partial charge in [-0.15, -0.1) is 0 Å². The average molecular weight is 584 g/mol. The van der Waals surface area contributed by atoms with Gasteiger partial charge >= 0.3 is 0 Å². The summed E-state index contributed by atoms with van der Waals surface area (Å²) in [5.41, 5.74) is -2.57. The Labute approximate surface area is 281 Å². The summed E-state index contributed by atoms with van der Waals surface area (Å²) in [4.78, 5) is 13.2. The zero-order valence-corrected chi connectivity index (χ0v) is 22.1. The molecule has 0 saturated heterocycles. The average Bonchev–Trinajstić information content (AvgIpc) is 3.81. The third-order valence-corrected chi connectivity index (χ3v) is 7.10. The summed E-state index contributed by atoms with van der Waals surface area (Å²) in [6, 6.07) is -5.13. The molecular weight excluding hydrogens is 538 g/mol. The lowest BCUT2D eigenvalue weighted by atomic mass is 10.1. The summed E-state index contributed by atoms with van der Waals surface area (Å²) >= 11 is 0. The van der Waals surface area contributed by atoms with Crippen LogP contribution in [0.15, 0.2) is 151 Å². The van der Waals surface area contributed by atoms with Crippen LogP contribution >= 0.6 is 0 Å². The Balaban J connectivity index is 1.52. The van der Waals surface area contributed by atoms with Crippen LogP contribution in [0.2, 0.25) is 0 Å². The molecule has 0 aliphatic heterocycles. The first-order valence-electron chi connectivity index (χ1n) is 23.1. The molecule has 44 heavy (non-hydrogen) atoms. The lowest BCUT2D eigenvalue weighted by Crippen LogP contribution is -2.05. The lowest BCUT2D eigenvalue weighted by molar-refractivity contribution is 0.994. The zero-order valence-electron chi connectivity index (χ0n) is 42.1. The third kappa shape index (κ3) is 3.69. The van der Waals surface area contributed by atoms with E-state index in [-0.39, 0.29) is 43.8 Å². The van der Waals surface area contributed by atoms with E-state index >= 15 is 0 Å². The number of hydrogen-bond acceptors (Lipinski definition) is 3. The number of fused-ring (bicyclic) bond motifs is 6. The van der Waals surface area contributed by atoms with E-state index in [1.165, 1.54) is 34.9 Å². The van der Waals surface area contributed by atoms with Crippen LogP contribution in [0.4, 0.5) is 0 Å². The molecular formula is C39H25N5. The van der Waals surface area contributed by atoms with Gasteiger partial charge in [-0.3, -0.25) is 9.55 Å². The van der Waals surface area contributed by atoms with Gasteiger partial charge in [0.1, 0.15) is 0 Å². The van der Waals surface area contributed by atoms with Gasteiger partial charge in [0, 0.05) is 38.8 Å². The van der Waals surface area contributed by atoms with Crippen molar-refractivity contribution in [1.29, 1.82) is 0 Å². The standard InChI is InChI=1S/C39H25N5/c1-2-12-26(13-3-1)32-24-33(42-39(41-32)44-35-19-9-5-14-27(35)28-15-6-10-20-36(28)44)31-17-7-11-21-37(31)43-34-18-8-4-16-29(34)30-22-23-40-25-38(30)43/h1-25H/i1D,2D,3D,4D,5D,6D,8D,9D,10D,12D,13D,14D,15D,16D,19D,20D,22D,23D,24D,25D. The first-order chi connectivity index (χ1) is 30.1. The summed E-state index contributed by atoms with van der Waals surface area (Å²) in [6.07, 6.45) is -1.15. The molecule has 0 aliphatic rings. The predicted octanol–water partition coefficient (Wildman–Crippen LogP) is 9.40. The molecule has 0 atom stereocenters. The van der Waals surface area contributed by atoms with Crippen LogP contribution in [0.25, 0.3) is 77.8 Å². The Morgan fingerprint density at radius 1 is 0.523 bits per heavy atom. The van der Waals surface area contributed by atoms with Gasteiger partial charge in [0.2, 0.25) is 5.95 Å². The van der Waals surface area contributed by atoms with Crippen LogP contribution in [-0.2, 0) is 0 Å². The van der Waals surface area contributed by atoms with E-state index < -0.39 is 155 Å². The summed E-state index contributed by atoms with van der Waals surface area (Å²) in [5, 5.41) is -0.867. The van der Waals surface area contributed by atoms with E-state index in [0.29, 0.717) is 0 Å². The number of nitrogens with zero attached hydrogens (tertiary/aromatic N) is 5. The molecule has 0 amide bonds. The number of aromatic nitrogens is 5. The maximum Gasteiger partial charge on any atom is 0.235 e. The minimum atomic E-state index is -0.801. The Bertz CT molecular complexity index is 3530. The molecule has 4 heterocycles. The fourth-order valence-corrected chi connectivity index (χ4v) is 5.30. The number of benzene rings is 5. The van der Waals surface area contributed by atoms with E-state index in [9.17, 15) is 1.37 Å². The van der Waals surface area contributed by atoms with Crippen LogP contribution in [0.3, 0.4) is 0 Å². The number of rotatable bonds is 4. The van der Waals surface area contributed by atoms with E-state index in [0.717, 1.165) is 4.57 Å². The van der Waals surface area contributed by atoms with Gasteiger partial charge in [0.25, 0.3) is 0 Å². The third-order valence-electron chi connectivity index (χ3n) is 7.10. The van der Waals surface area contributed by atoms with Crippen LogP contribution in [-0.4, -0.2) is 24.1 Å². The van der Waals surface area contributed by atoms with Gasteiger partial charge in [-0.1, -0.05) is 103 Å². The molecule has 5 heteroatoms. The van der Waals surface area contributed by atoms with Crippen molar-refractivity contribution in [2.24, 2.45) is 0 Å². The summed E-state index contributed by atoms with van der Waals surface area (Å²) in [6.45, 7) is 0. The Morgan fingerprint density at radius 2 is 1.16 bits per heavy atom. The lowest BCUT2D eigenvalue weighted by Gasteiger charge is -2.16. The van der Waals surface area contributed by atoms with E-state index in [2.05, 4.69) is 9.97 Å². The molecule has 5 nitrogen and oxygen atoms in total. The zero-order chi connectivity index (χ0) is 46.4. The molecule has 0 spiro atoms. The highest BCUT2D eigenvalue weighted by Crippen LogP contribution is 2.37. The molecule has 4 aromatic heterocycles. The summed E-state index contributed by atoms with van der Waals surface area (Å²) in [5.74, 6) is -0.629. The van der Waals surface area contributed by atoms with Crippen LogP contribution in [0.5, 0.6) is 0 Å². The van der Waals surface area contributed by atoms with Crippen molar-refractivity contribution in [3.05, 3.63) is 151 Å². The van der Waals surface area contributed by atoms with Crippen LogP contribution in [0, 0.1) is 0 Å². The summed E-state index contributed by atoms with van der Waals surface area (Å²) in [7, 11) is 0. The van der Waals surface area contributed by atoms with Crippen molar-refractivity contribution in [2.75, 3.05) is 0 Å². The highest BCUT2D eigenvalue weighted by Gasteiger charge is 2.20. The second kappa shape index (κ2) is 9.75. The largest absolute Gasteiger partial charge is 0.307 e. The van der Waals surface area contributed by atoms with Crippen molar-refractivity contribution in [3.8, 4) is 34.2 Å². The molecule has 0 bridgehead atoms. The number of pyridine rings is 1. The van der Waals surface area contributed by atoms with Gasteiger partial charge in [0.15, 0.2) is 0 Å². The van der Waals surface area contributed by atoms with E-state index in [1.54, 1.807) is 0 Å². The number of hydrogen-bond donors (Lipinski definition) is 0. The minimum Gasteiger partial charge on any atom is -0.307 e. The molecule has 0 unspecified atom stereocenters. The second-order valence-corrected chi connectivity index (χ2v) is 9.46. The quantitative estimate of drug-likeness (QED) is 0.207. The predicted molar refractivity (Wildman–Crippen MR) is 179 cm³/mol. The number of para-hydroxylation sites is 4. The van der Waals surface area contributed by atoms with Gasteiger partial charge in [-0.25, -0.2) is 9.97 Å². The second-order valence-electron chi connectivity index (χ2n) is 9.46. The van der Waals surface area contributed by atoms with E-state index in [1.807, 2.05) is 0 Å². The smallest absolute Gasteiger partial charge is 0.235 e. The molecule has 0 aliphatic carbocycles. The highest BCUT2D eigenvalue weighted by atomic mass is 15.2. The molecule has 206 valence electrons. The van der Waals surface area contributed by atoms with Crippen molar-refractivity contribution in [2.45, 2.75) is 0 Å². The molecule has 5 aromatic carbocycles. The van der Waals surface area contributed by atoms with E-state index in [4.69, 9.17) is 31.0 Å². The maximum atomic E-state index is 9.67. The summed E-state index contributed by atoms with van der Waals surface area (Å²) < 4.78 is 177. The topological polar surface area (TPSA) is 48.5 Å². The monoisotopic (exact) mass is 583 g/mol. The van der Waals surface area contributed by atoms with Crippen LogP contribution in [0.1, 0.15) is 27.4 Å². The molecule has 0 fully saturated rings. The fourth-order valence-electron chi connectivity index (χ4n) is 5.30. The molecule has 0 N–H and O–H groups in total. The minimum absolute atomic E-state index is 0.0175. The molecule has 0 saturated carbocycles. The van der Waals surface area contributed by atoms with Crippen molar-refractivity contribution >= 4 is 43.6 Å². The SMILES string of the molecule is [2H]c1cc2c(c([2H])c1[2H])c1c([2H])c([2H])nc([2H])c1n2-c1ccccc1-c1nc(-n2c3c([2H])c([2H])c([2H])c([2H])c3c3c([2H])c([2H])c([2H])c([2H])c32)nc(-c2c([2H])c([2H])c([2H])c([2H])c2[2H])c1[2H]. The van der Waals surface area contributed by atoms with Crippen molar-refractivity contribution < 1.29 is 27.4 Å². The van der Waals surface area contributed by atoms with Crippen molar-refractivity contribution in [1.82, 2.24) is 24.1 Å². The molecule has 0 radical (unpaired) electrons. The van der Waals surface area contributed by atoms with Gasteiger partial charge in [-0.05, 0) is 36.3 Å². The Morgan fingerprint density at radius 3 is 1.95 bits per heavy atom. The Hall–Kier alpha value is -6.07. The molecule has 9 rings (SSSR count). The molecule has 9 aromatic rings. The fraction of sp³-hybridized carbons (Fsp3) is 0.